The number of ether oxygens (including phenoxy) is 1. The van der Waals surface area contributed by atoms with Crippen molar-refractivity contribution in [2.24, 2.45) is 0 Å². The molecule has 1 rings (SSSR count). The monoisotopic (exact) mass is 273 g/mol. The highest BCUT2D eigenvalue weighted by Crippen LogP contribution is 2.25. The van der Waals surface area contributed by atoms with Crippen molar-refractivity contribution in [1.82, 2.24) is 9.97 Å². The highest BCUT2D eigenvalue weighted by atomic mass is 79.9. The van der Waals surface area contributed by atoms with E-state index in [9.17, 15) is 0 Å². The number of halogens is 1. The van der Waals surface area contributed by atoms with E-state index in [-0.39, 0.29) is 6.10 Å². The molecule has 84 valence electrons. The largest absolute Gasteiger partial charge is 0.383 e. The van der Waals surface area contributed by atoms with Crippen LogP contribution < -0.4 is 5.73 Å². The molecule has 4 nitrogen and oxygen atoms in total. The van der Waals surface area contributed by atoms with Crippen molar-refractivity contribution in [3.8, 4) is 0 Å². The summed E-state index contributed by atoms with van der Waals surface area (Å²) in [4.78, 5) is 8.58. The van der Waals surface area contributed by atoms with Gasteiger partial charge in [0.2, 0.25) is 0 Å². The van der Waals surface area contributed by atoms with E-state index < -0.39 is 0 Å². The molecule has 0 fully saturated rings. The first kappa shape index (κ1) is 12.4. The first-order valence-electron chi connectivity index (χ1n) is 4.92. The van der Waals surface area contributed by atoms with Gasteiger partial charge in [0.25, 0.3) is 0 Å². The van der Waals surface area contributed by atoms with Crippen LogP contribution >= 0.6 is 15.9 Å². The van der Waals surface area contributed by atoms with E-state index in [0.29, 0.717) is 11.6 Å². The number of anilines is 1. The number of nitrogens with two attached hydrogens (primary N) is 1. The molecule has 0 aliphatic heterocycles. The second kappa shape index (κ2) is 5.42. The topological polar surface area (TPSA) is 61.0 Å². The number of rotatable bonds is 4. The highest BCUT2D eigenvalue weighted by molar-refractivity contribution is 9.10. The standard InChI is InChI=1S/C10H16BrN3O/c1-4-5-7(15-3)10-13-6(2)8(11)9(12)14-10/h7H,4-5H2,1-3H3,(H2,12,13,14). The van der Waals surface area contributed by atoms with E-state index in [0.717, 1.165) is 23.0 Å². The fourth-order valence-corrected chi connectivity index (χ4v) is 1.54. The molecule has 0 aliphatic rings. The summed E-state index contributed by atoms with van der Waals surface area (Å²) in [7, 11) is 1.66. The summed E-state index contributed by atoms with van der Waals surface area (Å²) in [6, 6.07) is 0. The molecule has 5 heteroatoms. The maximum atomic E-state index is 5.76. The highest BCUT2D eigenvalue weighted by Gasteiger charge is 2.15. The van der Waals surface area contributed by atoms with Crippen LogP contribution in [0.25, 0.3) is 0 Å². The van der Waals surface area contributed by atoms with Crippen LogP contribution in [0.3, 0.4) is 0 Å². The van der Waals surface area contributed by atoms with Crippen molar-refractivity contribution < 1.29 is 4.74 Å². The molecule has 0 saturated heterocycles. The summed E-state index contributed by atoms with van der Waals surface area (Å²) in [6.07, 6.45) is 1.86. The SMILES string of the molecule is CCCC(OC)c1nc(C)c(Br)c(N)n1. The Bertz CT molecular complexity index is 320. The molecule has 0 radical (unpaired) electrons. The zero-order valence-corrected chi connectivity index (χ0v) is 10.8. The zero-order valence-electron chi connectivity index (χ0n) is 9.25. The Labute approximate surface area is 98.4 Å². The average molecular weight is 274 g/mol. The van der Waals surface area contributed by atoms with Gasteiger partial charge in [-0.15, -0.1) is 0 Å². The van der Waals surface area contributed by atoms with Crippen molar-refractivity contribution >= 4 is 21.7 Å². The van der Waals surface area contributed by atoms with Gasteiger partial charge in [0.05, 0.1) is 10.2 Å². The molecular formula is C10H16BrN3O. The van der Waals surface area contributed by atoms with Gasteiger partial charge in [-0.3, -0.25) is 0 Å². The van der Waals surface area contributed by atoms with E-state index in [2.05, 4.69) is 32.8 Å². The van der Waals surface area contributed by atoms with Crippen LogP contribution in [0.5, 0.6) is 0 Å². The fraction of sp³-hybridized carbons (Fsp3) is 0.600. The molecule has 0 amide bonds. The molecule has 0 aromatic carbocycles. The van der Waals surface area contributed by atoms with Crippen molar-refractivity contribution in [3.63, 3.8) is 0 Å². The molecule has 1 aromatic rings. The molecule has 1 aromatic heterocycles. The minimum absolute atomic E-state index is 0.0656. The van der Waals surface area contributed by atoms with Crippen molar-refractivity contribution in [3.05, 3.63) is 16.0 Å². The summed E-state index contributed by atoms with van der Waals surface area (Å²) in [5.41, 5.74) is 6.60. The predicted molar refractivity (Wildman–Crippen MR) is 63.5 cm³/mol. The average Bonchev–Trinajstić information content (AvgIpc) is 2.22. The van der Waals surface area contributed by atoms with Crippen molar-refractivity contribution in [1.29, 1.82) is 0 Å². The Morgan fingerprint density at radius 2 is 2.13 bits per heavy atom. The number of hydrogen-bond acceptors (Lipinski definition) is 4. The molecule has 15 heavy (non-hydrogen) atoms. The molecular weight excluding hydrogens is 258 g/mol. The Kier molecular flexibility index (Phi) is 4.47. The summed E-state index contributed by atoms with van der Waals surface area (Å²) >= 11 is 3.33. The van der Waals surface area contributed by atoms with Gasteiger partial charge in [-0.1, -0.05) is 13.3 Å². The van der Waals surface area contributed by atoms with Crippen LogP contribution in [-0.4, -0.2) is 17.1 Å². The molecule has 1 unspecified atom stereocenters. The lowest BCUT2D eigenvalue weighted by molar-refractivity contribution is 0.0875. The van der Waals surface area contributed by atoms with Gasteiger partial charge >= 0.3 is 0 Å². The van der Waals surface area contributed by atoms with Gasteiger partial charge in [0, 0.05) is 7.11 Å². The van der Waals surface area contributed by atoms with Crippen molar-refractivity contribution in [2.45, 2.75) is 32.8 Å². The van der Waals surface area contributed by atoms with Crippen LogP contribution in [0.1, 0.15) is 37.4 Å². The third-order valence-corrected chi connectivity index (χ3v) is 3.16. The molecule has 2 N–H and O–H groups in total. The minimum atomic E-state index is -0.0656. The second-order valence-corrected chi connectivity index (χ2v) is 4.17. The molecule has 0 saturated carbocycles. The Morgan fingerprint density at radius 1 is 1.47 bits per heavy atom. The number of aromatic nitrogens is 2. The third-order valence-electron chi connectivity index (χ3n) is 2.18. The quantitative estimate of drug-likeness (QED) is 0.916. The Morgan fingerprint density at radius 3 is 2.60 bits per heavy atom. The second-order valence-electron chi connectivity index (χ2n) is 3.38. The lowest BCUT2D eigenvalue weighted by Gasteiger charge is -2.14. The zero-order chi connectivity index (χ0) is 11.4. The fourth-order valence-electron chi connectivity index (χ4n) is 1.36. The van der Waals surface area contributed by atoms with Crippen LogP contribution in [-0.2, 0) is 4.74 Å². The lowest BCUT2D eigenvalue weighted by atomic mass is 10.2. The summed E-state index contributed by atoms with van der Waals surface area (Å²) in [5.74, 6) is 1.13. The smallest absolute Gasteiger partial charge is 0.159 e. The Hall–Kier alpha value is -0.680. The molecule has 1 atom stereocenters. The summed E-state index contributed by atoms with van der Waals surface area (Å²) in [5, 5.41) is 0. The van der Waals surface area contributed by atoms with Crippen LogP contribution in [0, 0.1) is 6.92 Å². The Balaban J connectivity index is 3.03. The van der Waals surface area contributed by atoms with Crippen molar-refractivity contribution in [2.75, 3.05) is 12.8 Å². The van der Waals surface area contributed by atoms with Gasteiger partial charge in [0.1, 0.15) is 11.9 Å². The van der Waals surface area contributed by atoms with Gasteiger partial charge in [-0.05, 0) is 29.3 Å². The minimum Gasteiger partial charge on any atom is -0.383 e. The number of nitrogen functional groups attached to an aromatic ring is 1. The number of nitrogens with zero attached hydrogens (tertiary/aromatic N) is 2. The summed E-state index contributed by atoms with van der Waals surface area (Å²) < 4.78 is 6.09. The molecule has 1 heterocycles. The number of methoxy groups -OCH3 is 1. The molecule has 0 bridgehead atoms. The third kappa shape index (κ3) is 2.89. The maximum absolute atomic E-state index is 5.76. The van der Waals surface area contributed by atoms with Gasteiger partial charge in [-0.25, -0.2) is 9.97 Å². The van der Waals surface area contributed by atoms with Gasteiger partial charge < -0.3 is 10.5 Å². The first-order valence-corrected chi connectivity index (χ1v) is 5.71. The van der Waals surface area contributed by atoms with Crippen LogP contribution in [0.2, 0.25) is 0 Å². The first-order chi connectivity index (χ1) is 7.10. The molecule has 0 aliphatic carbocycles. The number of hydrogen-bond donors (Lipinski definition) is 1. The maximum Gasteiger partial charge on any atom is 0.159 e. The van der Waals surface area contributed by atoms with E-state index >= 15 is 0 Å². The normalized spacial score (nSPS) is 12.8. The van der Waals surface area contributed by atoms with E-state index in [1.54, 1.807) is 7.11 Å². The van der Waals surface area contributed by atoms with Crippen LogP contribution in [0.4, 0.5) is 5.82 Å². The van der Waals surface area contributed by atoms with Gasteiger partial charge in [-0.2, -0.15) is 0 Å². The van der Waals surface area contributed by atoms with Gasteiger partial charge in [0.15, 0.2) is 5.82 Å². The van der Waals surface area contributed by atoms with E-state index in [1.165, 1.54) is 0 Å². The summed E-state index contributed by atoms with van der Waals surface area (Å²) in [6.45, 7) is 3.99. The van der Waals surface area contributed by atoms with Crippen LogP contribution in [0.15, 0.2) is 4.47 Å². The predicted octanol–water partition coefficient (Wildman–Crippen LogP) is 2.62. The van der Waals surface area contributed by atoms with E-state index in [4.69, 9.17) is 10.5 Å². The van der Waals surface area contributed by atoms with E-state index in [1.807, 2.05) is 6.92 Å². The molecule has 0 spiro atoms. The lowest BCUT2D eigenvalue weighted by Crippen LogP contribution is -2.10. The number of aryl methyl sites for hydroxylation is 1.